The fraction of sp³-hybridized carbons (Fsp3) is 0.538. The number of rotatable bonds is 5. The molecule has 104 valence electrons. The average Bonchev–Trinajstić information content (AvgIpc) is 2.29. The maximum atomic E-state index is 10.9. The second-order valence-corrected chi connectivity index (χ2v) is 4.79. The molecule has 1 aromatic heterocycles. The highest BCUT2D eigenvalue weighted by Crippen LogP contribution is 2.31. The van der Waals surface area contributed by atoms with Crippen molar-refractivity contribution in [1.82, 2.24) is 4.98 Å². The lowest BCUT2D eigenvalue weighted by Gasteiger charge is -2.33. The molecule has 1 amide bonds. The van der Waals surface area contributed by atoms with Crippen molar-refractivity contribution in [3.63, 3.8) is 0 Å². The lowest BCUT2D eigenvalue weighted by atomic mass is 9.83. The van der Waals surface area contributed by atoms with Crippen molar-refractivity contribution in [2.24, 2.45) is 5.92 Å². The maximum absolute atomic E-state index is 10.9. The molecule has 0 bridgehead atoms. The minimum absolute atomic E-state index is 0.180. The number of hydrogen-bond acceptors (Lipinski definition) is 5. The molecule has 0 unspecified atom stereocenters. The van der Waals surface area contributed by atoms with Crippen molar-refractivity contribution in [3.8, 4) is 5.75 Å². The van der Waals surface area contributed by atoms with Crippen molar-refractivity contribution in [1.29, 1.82) is 0 Å². The highest BCUT2D eigenvalue weighted by molar-refractivity contribution is 5.88. The number of nitrogens with one attached hydrogen (secondary N) is 1. The lowest BCUT2D eigenvalue weighted by molar-refractivity contribution is -0.114. The van der Waals surface area contributed by atoms with Gasteiger partial charge in [0.2, 0.25) is 5.91 Å². The molecule has 6 nitrogen and oxygen atoms in total. The zero-order valence-corrected chi connectivity index (χ0v) is 11.2. The standard InChI is InChI=1S/C13H19N3O3/c1-8(17)16-13-5-11(14)12(6-15-13)19-7-9-3-10(4-9)18-2/h5-6,9-10H,3-4,7H2,1-2H3,(H3,14,15,16,17). The van der Waals surface area contributed by atoms with E-state index < -0.39 is 0 Å². The first kappa shape index (κ1) is 13.6. The number of methoxy groups -OCH3 is 1. The Bertz CT molecular complexity index is 458. The fourth-order valence-electron chi connectivity index (χ4n) is 2.04. The van der Waals surface area contributed by atoms with Crippen LogP contribution in [0.4, 0.5) is 11.5 Å². The van der Waals surface area contributed by atoms with E-state index in [4.69, 9.17) is 15.2 Å². The molecule has 2 rings (SSSR count). The van der Waals surface area contributed by atoms with Gasteiger partial charge in [-0.1, -0.05) is 0 Å². The number of pyridine rings is 1. The summed E-state index contributed by atoms with van der Waals surface area (Å²) in [4.78, 5) is 15.0. The quantitative estimate of drug-likeness (QED) is 0.841. The number of nitrogen functional groups attached to an aromatic ring is 1. The molecule has 1 heterocycles. The Hall–Kier alpha value is -1.82. The van der Waals surface area contributed by atoms with Gasteiger partial charge in [0, 0.05) is 20.1 Å². The summed E-state index contributed by atoms with van der Waals surface area (Å²) in [5.74, 6) is 1.32. The monoisotopic (exact) mass is 265 g/mol. The van der Waals surface area contributed by atoms with Gasteiger partial charge in [-0.2, -0.15) is 0 Å². The molecule has 1 saturated carbocycles. The number of hydrogen-bond donors (Lipinski definition) is 2. The Morgan fingerprint density at radius 3 is 2.89 bits per heavy atom. The molecule has 0 aliphatic heterocycles. The summed E-state index contributed by atoms with van der Waals surface area (Å²) in [6.07, 6.45) is 3.94. The molecular formula is C13H19N3O3. The van der Waals surface area contributed by atoms with Crippen LogP contribution in [0.2, 0.25) is 0 Å². The van der Waals surface area contributed by atoms with Gasteiger partial charge < -0.3 is 20.5 Å². The number of nitrogens with zero attached hydrogens (tertiary/aromatic N) is 1. The second kappa shape index (κ2) is 5.88. The van der Waals surface area contributed by atoms with Crippen LogP contribution in [0.1, 0.15) is 19.8 Å². The number of ether oxygens (including phenoxy) is 2. The molecular weight excluding hydrogens is 246 g/mol. The van der Waals surface area contributed by atoms with E-state index in [9.17, 15) is 4.79 Å². The average molecular weight is 265 g/mol. The van der Waals surface area contributed by atoms with Gasteiger partial charge in [0.1, 0.15) is 5.82 Å². The van der Waals surface area contributed by atoms with Gasteiger partial charge in [-0.3, -0.25) is 4.79 Å². The molecule has 19 heavy (non-hydrogen) atoms. The smallest absolute Gasteiger partial charge is 0.222 e. The molecule has 0 saturated heterocycles. The Morgan fingerprint density at radius 1 is 1.58 bits per heavy atom. The highest BCUT2D eigenvalue weighted by Gasteiger charge is 2.29. The van der Waals surface area contributed by atoms with Crippen LogP contribution < -0.4 is 15.8 Å². The van der Waals surface area contributed by atoms with Crippen molar-refractivity contribution in [2.75, 3.05) is 24.8 Å². The van der Waals surface area contributed by atoms with E-state index in [0.717, 1.165) is 12.8 Å². The van der Waals surface area contributed by atoms with Crippen molar-refractivity contribution in [3.05, 3.63) is 12.3 Å². The van der Waals surface area contributed by atoms with Crippen LogP contribution in [0.3, 0.4) is 0 Å². The first-order valence-corrected chi connectivity index (χ1v) is 6.27. The van der Waals surface area contributed by atoms with Crippen LogP contribution >= 0.6 is 0 Å². The lowest BCUT2D eigenvalue weighted by Crippen LogP contribution is -2.34. The Morgan fingerprint density at radius 2 is 2.32 bits per heavy atom. The molecule has 3 N–H and O–H groups in total. The molecule has 0 aromatic carbocycles. The number of carbonyl (C=O) groups excluding carboxylic acids is 1. The van der Waals surface area contributed by atoms with Gasteiger partial charge >= 0.3 is 0 Å². The van der Waals surface area contributed by atoms with E-state index in [2.05, 4.69) is 10.3 Å². The largest absolute Gasteiger partial charge is 0.490 e. The molecule has 0 spiro atoms. The third-order valence-electron chi connectivity index (χ3n) is 3.20. The van der Waals surface area contributed by atoms with Gasteiger partial charge in [0.05, 0.1) is 24.6 Å². The van der Waals surface area contributed by atoms with E-state index in [1.807, 2.05) is 0 Å². The van der Waals surface area contributed by atoms with Crippen LogP contribution in [-0.4, -0.2) is 30.7 Å². The van der Waals surface area contributed by atoms with Crippen LogP contribution in [0.15, 0.2) is 12.3 Å². The van der Waals surface area contributed by atoms with Crippen LogP contribution in [0.25, 0.3) is 0 Å². The van der Waals surface area contributed by atoms with E-state index in [1.165, 1.54) is 13.1 Å². The molecule has 6 heteroatoms. The molecule has 1 aromatic rings. The first-order valence-electron chi connectivity index (χ1n) is 6.27. The van der Waals surface area contributed by atoms with Gasteiger partial charge in [-0.15, -0.1) is 0 Å². The van der Waals surface area contributed by atoms with Gasteiger partial charge in [0.25, 0.3) is 0 Å². The topological polar surface area (TPSA) is 86.5 Å². The fourth-order valence-corrected chi connectivity index (χ4v) is 2.04. The number of aromatic nitrogens is 1. The summed E-state index contributed by atoms with van der Waals surface area (Å²) < 4.78 is 10.8. The molecule has 1 aliphatic rings. The van der Waals surface area contributed by atoms with E-state index in [-0.39, 0.29) is 5.91 Å². The molecule has 0 radical (unpaired) electrons. The Kier molecular flexibility index (Phi) is 4.21. The van der Waals surface area contributed by atoms with Crippen molar-refractivity contribution < 1.29 is 14.3 Å². The Labute approximate surface area is 112 Å². The minimum atomic E-state index is -0.180. The van der Waals surface area contributed by atoms with Crippen molar-refractivity contribution >= 4 is 17.4 Å². The predicted molar refractivity (Wildman–Crippen MR) is 72.0 cm³/mol. The van der Waals surface area contributed by atoms with Gasteiger partial charge in [-0.05, 0) is 18.8 Å². The van der Waals surface area contributed by atoms with Crippen LogP contribution in [-0.2, 0) is 9.53 Å². The highest BCUT2D eigenvalue weighted by atomic mass is 16.5. The number of nitrogens with two attached hydrogens (primary N) is 1. The van der Waals surface area contributed by atoms with Gasteiger partial charge in [0.15, 0.2) is 5.75 Å². The summed E-state index contributed by atoms with van der Waals surface area (Å²) in [5.41, 5.74) is 6.33. The summed E-state index contributed by atoms with van der Waals surface area (Å²) in [7, 11) is 1.73. The summed E-state index contributed by atoms with van der Waals surface area (Å²) in [5, 5.41) is 2.57. The first-order chi connectivity index (χ1) is 9.08. The number of carbonyl (C=O) groups is 1. The maximum Gasteiger partial charge on any atom is 0.222 e. The molecule has 1 aliphatic carbocycles. The van der Waals surface area contributed by atoms with E-state index >= 15 is 0 Å². The zero-order chi connectivity index (χ0) is 13.8. The SMILES string of the molecule is COC1CC(COc2cnc(NC(C)=O)cc2N)C1. The van der Waals surface area contributed by atoms with E-state index in [0.29, 0.717) is 35.9 Å². The van der Waals surface area contributed by atoms with Crippen LogP contribution in [0.5, 0.6) is 5.75 Å². The number of anilines is 2. The third-order valence-corrected chi connectivity index (χ3v) is 3.20. The Balaban J connectivity index is 1.85. The third kappa shape index (κ3) is 3.57. The second-order valence-electron chi connectivity index (χ2n) is 4.79. The normalized spacial score (nSPS) is 21.6. The van der Waals surface area contributed by atoms with Gasteiger partial charge in [-0.25, -0.2) is 4.98 Å². The van der Waals surface area contributed by atoms with E-state index in [1.54, 1.807) is 13.2 Å². The van der Waals surface area contributed by atoms with Crippen LogP contribution in [0, 0.1) is 5.92 Å². The summed E-state index contributed by atoms with van der Waals surface area (Å²) >= 11 is 0. The zero-order valence-electron chi connectivity index (χ0n) is 11.2. The summed E-state index contributed by atoms with van der Waals surface area (Å²) in [6, 6.07) is 1.59. The minimum Gasteiger partial charge on any atom is -0.490 e. The molecule has 0 atom stereocenters. The molecule has 1 fully saturated rings. The summed E-state index contributed by atoms with van der Waals surface area (Å²) in [6.45, 7) is 2.04. The predicted octanol–water partition coefficient (Wildman–Crippen LogP) is 1.43. The number of amides is 1. The van der Waals surface area contributed by atoms with Crippen molar-refractivity contribution in [2.45, 2.75) is 25.9 Å².